The Labute approximate surface area is 318 Å². The highest BCUT2D eigenvalue weighted by molar-refractivity contribution is 6.34. The van der Waals surface area contributed by atoms with E-state index in [1.165, 1.54) is 121 Å². The van der Waals surface area contributed by atoms with E-state index >= 15 is 0 Å². The van der Waals surface area contributed by atoms with E-state index in [0.717, 1.165) is 0 Å². The first kappa shape index (κ1) is 29.4. The SMILES string of the molecule is c1ccc(-c2c3ccccc3c(-c3cc4cccc5c6c(c7cccc3c7c45)C3(c4ccccc4-c4ccccc43)c3ccccc3-6)c3ccccc23)cc1. The summed E-state index contributed by atoms with van der Waals surface area (Å²) in [7, 11) is 0. The van der Waals surface area contributed by atoms with Gasteiger partial charge in [0.1, 0.15) is 0 Å². The molecule has 0 atom stereocenters. The molecule has 0 heteroatoms. The molecule has 0 N–H and O–H groups in total. The van der Waals surface area contributed by atoms with Crippen LogP contribution in [0.25, 0.3) is 98.4 Å². The smallest absolute Gasteiger partial charge is 0.0622 e. The van der Waals surface area contributed by atoms with Crippen molar-refractivity contribution in [2.45, 2.75) is 5.41 Å². The number of hydrogen-bond donors (Lipinski definition) is 0. The topological polar surface area (TPSA) is 0 Å². The predicted molar refractivity (Wildman–Crippen MR) is 232 cm³/mol. The molecule has 0 nitrogen and oxygen atoms in total. The largest absolute Gasteiger partial charge is 0.0731 e. The second kappa shape index (κ2) is 10.6. The van der Waals surface area contributed by atoms with Crippen molar-refractivity contribution in [2.75, 3.05) is 0 Å². The van der Waals surface area contributed by atoms with E-state index in [1.54, 1.807) is 0 Å². The molecule has 0 fully saturated rings. The summed E-state index contributed by atoms with van der Waals surface area (Å²) in [4.78, 5) is 0. The first-order chi connectivity index (χ1) is 27.3. The molecule has 1 spiro atoms. The van der Waals surface area contributed by atoms with Crippen LogP contribution in [0, 0.1) is 0 Å². The van der Waals surface area contributed by atoms with Gasteiger partial charge in [0.15, 0.2) is 0 Å². The maximum atomic E-state index is 2.49. The van der Waals surface area contributed by atoms with Gasteiger partial charge in [-0.25, -0.2) is 0 Å². The van der Waals surface area contributed by atoms with Gasteiger partial charge in [0.25, 0.3) is 0 Å². The lowest BCUT2D eigenvalue weighted by atomic mass is 9.68. The molecule has 252 valence electrons. The Bertz CT molecular complexity index is 3320. The summed E-state index contributed by atoms with van der Waals surface area (Å²) in [5.74, 6) is 0. The van der Waals surface area contributed by atoms with Gasteiger partial charge in [-0.05, 0) is 127 Å². The Balaban J connectivity index is 1.24. The van der Waals surface area contributed by atoms with Gasteiger partial charge in [-0.1, -0.05) is 188 Å². The number of fused-ring (bicyclic) bond motifs is 14. The molecule has 0 heterocycles. The molecule has 0 unspecified atom stereocenters. The fourth-order valence-electron chi connectivity index (χ4n) is 11.1. The van der Waals surface area contributed by atoms with Crippen molar-refractivity contribution in [3.63, 3.8) is 0 Å². The quantitative estimate of drug-likeness (QED) is 0.125. The second-order valence-electron chi connectivity index (χ2n) is 15.4. The molecule has 0 bridgehead atoms. The maximum absolute atomic E-state index is 2.49. The van der Waals surface area contributed by atoms with Gasteiger partial charge in [0.05, 0.1) is 5.41 Å². The summed E-state index contributed by atoms with van der Waals surface area (Å²) >= 11 is 0. The molecule has 0 saturated carbocycles. The van der Waals surface area contributed by atoms with Crippen LogP contribution < -0.4 is 0 Å². The van der Waals surface area contributed by atoms with Crippen molar-refractivity contribution in [2.24, 2.45) is 0 Å². The number of benzene rings is 11. The normalized spacial score (nSPS) is 13.6. The molecule has 0 saturated heterocycles. The maximum Gasteiger partial charge on any atom is 0.0731 e. The minimum atomic E-state index is -0.431. The zero-order valence-corrected chi connectivity index (χ0v) is 30.0. The number of rotatable bonds is 2. The molecule has 55 heavy (non-hydrogen) atoms. The highest BCUT2D eigenvalue weighted by atomic mass is 14.5. The molecule has 0 aromatic heterocycles. The Hall–Kier alpha value is -7.02. The molecule has 13 rings (SSSR count). The number of hydrogen-bond acceptors (Lipinski definition) is 0. The van der Waals surface area contributed by atoms with E-state index in [-0.39, 0.29) is 0 Å². The van der Waals surface area contributed by atoms with E-state index in [9.17, 15) is 0 Å². The van der Waals surface area contributed by atoms with E-state index in [2.05, 4.69) is 194 Å². The molecular formula is C55H32. The van der Waals surface area contributed by atoms with Crippen LogP contribution in [0.4, 0.5) is 0 Å². The third-order valence-electron chi connectivity index (χ3n) is 13.0. The summed E-state index contributed by atoms with van der Waals surface area (Å²) < 4.78 is 0. The van der Waals surface area contributed by atoms with Gasteiger partial charge >= 0.3 is 0 Å². The van der Waals surface area contributed by atoms with Crippen LogP contribution in [-0.4, -0.2) is 0 Å². The second-order valence-corrected chi connectivity index (χ2v) is 15.4. The average Bonchev–Trinajstić information content (AvgIpc) is 3.73. The van der Waals surface area contributed by atoms with Crippen LogP contribution in [0.3, 0.4) is 0 Å². The lowest BCUT2D eigenvalue weighted by molar-refractivity contribution is 0.802. The first-order valence-corrected chi connectivity index (χ1v) is 19.4. The van der Waals surface area contributed by atoms with Gasteiger partial charge in [-0.2, -0.15) is 0 Å². The lowest BCUT2D eigenvalue weighted by Crippen LogP contribution is -2.26. The first-order valence-electron chi connectivity index (χ1n) is 19.4. The van der Waals surface area contributed by atoms with Crippen LogP contribution in [0.1, 0.15) is 22.3 Å². The van der Waals surface area contributed by atoms with Gasteiger partial charge < -0.3 is 0 Å². The Kier molecular flexibility index (Phi) is 5.65. The molecule has 0 aliphatic heterocycles. The summed E-state index contributed by atoms with van der Waals surface area (Å²) in [6, 6.07) is 73.2. The van der Waals surface area contributed by atoms with Gasteiger partial charge in [-0.15, -0.1) is 0 Å². The summed E-state index contributed by atoms with van der Waals surface area (Å²) in [5.41, 5.74) is 15.7. The Morgan fingerprint density at radius 2 is 0.745 bits per heavy atom. The zero-order valence-electron chi connectivity index (χ0n) is 30.0. The molecule has 11 aromatic rings. The predicted octanol–water partition coefficient (Wildman–Crippen LogP) is 14.6. The van der Waals surface area contributed by atoms with Crippen LogP contribution in [0.5, 0.6) is 0 Å². The van der Waals surface area contributed by atoms with Crippen LogP contribution in [0.15, 0.2) is 194 Å². The molecule has 0 amide bonds. The highest BCUT2D eigenvalue weighted by Crippen LogP contribution is 2.66. The molecule has 2 aliphatic carbocycles. The minimum absolute atomic E-state index is 0.431. The van der Waals surface area contributed by atoms with Crippen molar-refractivity contribution >= 4 is 53.9 Å². The molecule has 11 aromatic carbocycles. The zero-order chi connectivity index (χ0) is 35.8. The molecular weight excluding hydrogens is 661 g/mol. The summed E-state index contributed by atoms with van der Waals surface area (Å²) in [5, 5.41) is 13.1. The molecule has 2 aliphatic rings. The average molecular weight is 693 g/mol. The molecule has 0 radical (unpaired) electrons. The standard InChI is InChI=1S/C55H32/c1-2-16-33(17-3-1)49-37-21-4-6-23-39(37)51(40-24-7-5-22-38(40)49)45-32-34-18-14-27-43-50(34)52-41(45)26-15-28-44(52)54-53(43)42-25-10-13-31-48(42)55(54)46-29-11-8-19-35(46)36-20-9-12-30-47(36)55/h1-32H. The Morgan fingerprint density at radius 1 is 0.273 bits per heavy atom. The lowest BCUT2D eigenvalue weighted by Gasteiger charge is -2.32. The van der Waals surface area contributed by atoms with E-state index in [1.807, 2.05) is 0 Å². The highest BCUT2D eigenvalue weighted by Gasteiger charge is 2.53. The van der Waals surface area contributed by atoms with Crippen molar-refractivity contribution in [3.8, 4) is 44.5 Å². The van der Waals surface area contributed by atoms with Crippen LogP contribution in [0.2, 0.25) is 0 Å². The van der Waals surface area contributed by atoms with Crippen LogP contribution >= 0.6 is 0 Å². The third kappa shape index (κ3) is 3.53. The van der Waals surface area contributed by atoms with E-state index in [0.29, 0.717) is 0 Å². The van der Waals surface area contributed by atoms with Gasteiger partial charge in [0.2, 0.25) is 0 Å². The monoisotopic (exact) mass is 692 g/mol. The van der Waals surface area contributed by atoms with Gasteiger partial charge in [-0.3, -0.25) is 0 Å². The Morgan fingerprint density at radius 3 is 1.40 bits per heavy atom. The van der Waals surface area contributed by atoms with Crippen molar-refractivity contribution in [1.29, 1.82) is 0 Å². The van der Waals surface area contributed by atoms with Crippen molar-refractivity contribution in [3.05, 3.63) is 216 Å². The fraction of sp³-hybridized carbons (Fsp3) is 0.0182. The summed E-state index contributed by atoms with van der Waals surface area (Å²) in [6.07, 6.45) is 0. The minimum Gasteiger partial charge on any atom is -0.0622 e. The van der Waals surface area contributed by atoms with Gasteiger partial charge in [0, 0.05) is 0 Å². The van der Waals surface area contributed by atoms with Crippen molar-refractivity contribution in [1.82, 2.24) is 0 Å². The summed E-state index contributed by atoms with van der Waals surface area (Å²) in [6.45, 7) is 0. The fourth-order valence-corrected chi connectivity index (χ4v) is 11.1. The van der Waals surface area contributed by atoms with Crippen molar-refractivity contribution < 1.29 is 0 Å². The van der Waals surface area contributed by atoms with Crippen LogP contribution in [-0.2, 0) is 5.41 Å². The third-order valence-corrected chi connectivity index (χ3v) is 13.0. The van der Waals surface area contributed by atoms with E-state index in [4.69, 9.17) is 0 Å². The van der Waals surface area contributed by atoms with E-state index < -0.39 is 5.41 Å².